The maximum absolute atomic E-state index is 14.2. The number of halogens is 6. The molecule has 8 nitrogen and oxygen atoms in total. The van der Waals surface area contributed by atoms with Crippen molar-refractivity contribution >= 4 is 15.7 Å². The van der Waals surface area contributed by atoms with E-state index in [1.54, 1.807) is 0 Å². The molecule has 2 saturated carbocycles. The van der Waals surface area contributed by atoms with Crippen LogP contribution in [0.4, 0.5) is 26.3 Å². The summed E-state index contributed by atoms with van der Waals surface area (Å²) in [6, 6.07) is 0.635. The molecule has 1 saturated heterocycles. The Morgan fingerprint density at radius 1 is 1.05 bits per heavy atom. The van der Waals surface area contributed by atoms with E-state index in [4.69, 9.17) is 5.73 Å². The fourth-order valence-electron chi connectivity index (χ4n) is 6.60. The minimum atomic E-state index is -4.79. The molecule has 2 aliphatic heterocycles. The van der Waals surface area contributed by atoms with Gasteiger partial charge in [0.15, 0.2) is 27.2 Å². The number of hydrogen-bond donors (Lipinski definition) is 1. The smallest absolute Gasteiger partial charge is 0.335 e. The Morgan fingerprint density at radius 2 is 1.70 bits per heavy atom. The normalized spacial score (nSPS) is 28.1. The molecule has 1 amide bonds. The van der Waals surface area contributed by atoms with Gasteiger partial charge in [-0.15, -0.1) is 0 Å². The van der Waals surface area contributed by atoms with Gasteiger partial charge in [-0.05, 0) is 42.7 Å². The van der Waals surface area contributed by atoms with Gasteiger partial charge in [-0.2, -0.15) is 13.2 Å². The molecule has 6 rings (SSSR count). The predicted molar refractivity (Wildman–Crippen MR) is 129 cm³/mol. The molecule has 0 radical (unpaired) electrons. The molecule has 1 aromatic heterocycles. The number of carbonyl (C=O) groups excluding carboxylic acids is 1. The Morgan fingerprint density at radius 3 is 2.30 bits per heavy atom. The van der Waals surface area contributed by atoms with Crippen LogP contribution < -0.4 is 5.73 Å². The van der Waals surface area contributed by atoms with Crippen LogP contribution in [-0.2, 0) is 35.5 Å². The summed E-state index contributed by atoms with van der Waals surface area (Å²) in [5, 5.41) is 0. The van der Waals surface area contributed by atoms with E-state index in [1.165, 1.54) is 4.90 Å². The molecule has 0 bridgehead atoms. The lowest BCUT2D eigenvalue weighted by Gasteiger charge is -2.41. The molecule has 2 N–H and O–H groups in total. The van der Waals surface area contributed by atoms with Gasteiger partial charge < -0.3 is 15.2 Å². The number of nitrogens with two attached hydrogens (primary N) is 1. The summed E-state index contributed by atoms with van der Waals surface area (Å²) in [7, 11) is -3.31. The quantitative estimate of drug-likeness (QED) is 0.409. The summed E-state index contributed by atoms with van der Waals surface area (Å²) in [6.45, 7) is -0.0477. The van der Waals surface area contributed by atoms with E-state index in [2.05, 4.69) is 4.98 Å². The number of carbonyl (C=O) groups is 1. The molecule has 40 heavy (non-hydrogen) atoms. The van der Waals surface area contributed by atoms with Crippen molar-refractivity contribution in [1.29, 1.82) is 0 Å². The highest BCUT2D eigenvalue weighted by Gasteiger charge is 2.78. The van der Waals surface area contributed by atoms with Crippen LogP contribution in [0.25, 0.3) is 0 Å². The molecule has 218 valence electrons. The SMILES string of the molecule is NC(Cc1cc(F)c(F)cc1F)CC1(N2CCn3c(C(F)(F)F)nc(C(=O)N4CCS(=O)(=O)CC4)c3C2)C2CC21. The summed E-state index contributed by atoms with van der Waals surface area (Å²) in [5.74, 6) is -5.30. The van der Waals surface area contributed by atoms with E-state index in [9.17, 15) is 39.6 Å². The molecule has 3 heterocycles. The van der Waals surface area contributed by atoms with Gasteiger partial charge in [-0.3, -0.25) is 9.69 Å². The number of benzene rings is 1. The van der Waals surface area contributed by atoms with Crippen LogP contribution in [0.1, 0.15) is 40.4 Å². The summed E-state index contributed by atoms with van der Waals surface area (Å²) >= 11 is 0. The summed E-state index contributed by atoms with van der Waals surface area (Å²) in [5.41, 5.74) is 5.62. The van der Waals surface area contributed by atoms with Crippen molar-refractivity contribution in [1.82, 2.24) is 19.4 Å². The zero-order valence-electron chi connectivity index (χ0n) is 21.2. The number of amides is 1. The number of hydrogen-bond acceptors (Lipinski definition) is 6. The maximum Gasteiger partial charge on any atom is 0.449 e. The van der Waals surface area contributed by atoms with Crippen LogP contribution in [0.3, 0.4) is 0 Å². The number of nitrogens with zero attached hydrogens (tertiary/aromatic N) is 4. The fourth-order valence-corrected chi connectivity index (χ4v) is 7.80. The molecular weight excluding hydrogens is 564 g/mol. The van der Waals surface area contributed by atoms with Crippen molar-refractivity contribution in [3.63, 3.8) is 0 Å². The molecule has 15 heteroatoms. The highest BCUT2D eigenvalue weighted by molar-refractivity contribution is 7.91. The summed E-state index contributed by atoms with van der Waals surface area (Å²) in [4.78, 5) is 20.2. The van der Waals surface area contributed by atoms with Crippen LogP contribution >= 0.6 is 0 Å². The van der Waals surface area contributed by atoms with E-state index < -0.39 is 56.8 Å². The van der Waals surface area contributed by atoms with Crippen molar-refractivity contribution in [2.45, 2.75) is 50.1 Å². The summed E-state index contributed by atoms with van der Waals surface area (Å²) in [6.07, 6.45) is -3.55. The number of alkyl halides is 3. The van der Waals surface area contributed by atoms with Crippen LogP contribution in [0.2, 0.25) is 0 Å². The minimum Gasteiger partial charge on any atom is -0.335 e. The summed E-state index contributed by atoms with van der Waals surface area (Å²) < 4.78 is 107. The van der Waals surface area contributed by atoms with Gasteiger partial charge in [0, 0.05) is 50.4 Å². The first kappa shape index (κ1) is 27.5. The standard InChI is InChI=1S/C25H27F6N5O3S/c26-17-10-19(28)18(27)8-13(17)7-14(32)11-24(15-9-16(15)24)35-1-2-36-20(12-35)21(33-23(36)25(29,30)31)22(37)34-3-5-40(38,39)6-4-34/h8,10,14-16H,1-7,9,11-12,32H2. The van der Waals surface area contributed by atoms with E-state index in [1.807, 2.05) is 4.90 Å². The number of imidazole rings is 1. The minimum absolute atomic E-state index is 0.00947. The first-order valence-electron chi connectivity index (χ1n) is 13.0. The van der Waals surface area contributed by atoms with E-state index in [0.717, 1.165) is 17.1 Å². The van der Waals surface area contributed by atoms with Gasteiger partial charge in [0.25, 0.3) is 5.91 Å². The lowest BCUT2D eigenvalue weighted by molar-refractivity contribution is -0.148. The Labute approximate surface area is 226 Å². The lowest BCUT2D eigenvalue weighted by Crippen LogP contribution is -2.50. The molecule has 3 atom stereocenters. The van der Waals surface area contributed by atoms with Gasteiger partial charge in [0.05, 0.1) is 17.2 Å². The first-order chi connectivity index (χ1) is 18.7. The molecule has 4 aliphatic rings. The van der Waals surface area contributed by atoms with Crippen molar-refractivity contribution in [3.8, 4) is 0 Å². The van der Waals surface area contributed by atoms with Crippen LogP contribution in [0.5, 0.6) is 0 Å². The highest BCUT2D eigenvalue weighted by Crippen LogP contribution is 2.75. The van der Waals surface area contributed by atoms with Crippen molar-refractivity contribution in [2.75, 3.05) is 31.1 Å². The van der Waals surface area contributed by atoms with Crippen molar-refractivity contribution in [3.05, 3.63) is 52.4 Å². The number of sulfone groups is 1. The average molecular weight is 592 g/mol. The van der Waals surface area contributed by atoms with E-state index >= 15 is 0 Å². The topological polar surface area (TPSA) is 102 Å². The molecule has 0 spiro atoms. The van der Waals surface area contributed by atoms with Crippen LogP contribution in [-0.4, -0.2) is 76.4 Å². The van der Waals surface area contributed by atoms with Gasteiger partial charge >= 0.3 is 6.18 Å². The number of rotatable bonds is 6. The van der Waals surface area contributed by atoms with Crippen LogP contribution in [0, 0.1) is 29.3 Å². The zero-order valence-corrected chi connectivity index (χ0v) is 22.0. The Bertz CT molecular complexity index is 1470. The fraction of sp³-hybridized carbons (Fsp3) is 0.600. The first-order valence-corrected chi connectivity index (χ1v) is 14.8. The van der Waals surface area contributed by atoms with E-state index in [-0.39, 0.29) is 79.4 Å². The second kappa shape index (κ2) is 9.18. The van der Waals surface area contributed by atoms with Gasteiger partial charge in [0.1, 0.15) is 5.82 Å². The third-order valence-electron chi connectivity index (χ3n) is 8.81. The van der Waals surface area contributed by atoms with E-state index in [0.29, 0.717) is 12.5 Å². The second-order valence-corrected chi connectivity index (χ2v) is 13.5. The Balaban J connectivity index is 1.24. The number of fused-ring (bicyclic) bond motifs is 2. The molecule has 3 fully saturated rings. The Hall–Kier alpha value is -2.65. The largest absolute Gasteiger partial charge is 0.449 e. The van der Waals surface area contributed by atoms with Gasteiger partial charge in [-0.1, -0.05) is 0 Å². The molecule has 1 aromatic carbocycles. The third-order valence-corrected chi connectivity index (χ3v) is 10.4. The Kier molecular flexibility index (Phi) is 6.31. The predicted octanol–water partition coefficient (Wildman–Crippen LogP) is 2.35. The average Bonchev–Trinajstić information content (AvgIpc) is 3.75. The van der Waals surface area contributed by atoms with Crippen LogP contribution in [0.15, 0.2) is 12.1 Å². The van der Waals surface area contributed by atoms with Gasteiger partial charge in [0.2, 0.25) is 5.82 Å². The lowest BCUT2D eigenvalue weighted by atomic mass is 9.90. The van der Waals surface area contributed by atoms with Crippen molar-refractivity contribution in [2.24, 2.45) is 17.6 Å². The molecular formula is C25H27F6N5O3S. The number of aromatic nitrogens is 2. The molecule has 3 unspecified atom stereocenters. The maximum atomic E-state index is 14.2. The van der Waals surface area contributed by atoms with Gasteiger partial charge in [-0.25, -0.2) is 26.6 Å². The van der Waals surface area contributed by atoms with Crippen molar-refractivity contribution < 1.29 is 39.6 Å². The highest BCUT2D eigenvalue weighted by atomic mass is 32.2. The third kappa shape index (κ3) is 4.59. The molecule has 2 aromatic rings. The monoisotopic (exact) mass is 591 g/mol. The zero-order chi connectivity index (χ0) is 28.8. The molecule has 2 aliphatic carbocycles. The second-order valence-electron chi connectivity index (χ2n) is 11.2.